The van der Waals surface area contributed by atoms with E-state index in [4.69, 9.17) is 5.73 Å². The van der Waals surface area contributed by atoms with Gasteiger partial charge in [0.2, 0.25) is 5.91 Å². The van der Waals surface area contributed by atoms with E-state index in [0.717, 1.165) is 36.2 Å². The fraction of sp³-hybridized carbons (Fsp3) is 0.400. The maximum absolute atomic E-state index is 11.9. The minimum atomic E-state index is -0.114. The van der Waals surface area contributed by atoms with E-state index in [9.17, 15) is 4.79 Å². The van der Waals surface area contributed by atoms with Crippen LogP contribution in [0.2, 0.25) is 0 Å². The van der Waals surface area contributed by atoms with Crippen LogP contribution in [-0.2, 0) is 17.8 Å². The van der Waals surface area contributed by atoms with E-state index < -0.39 is 0 Å². The summed E-state index contributed by atoms with van der Waals surface area (Å²) < 4.78 is 1.56. The van der Waals surface area contributed by atoms with Gasteiger partial charge in [-0.3, -0.25) is 4.79 Å². The first-order valence-corrected chi connectivity index (χ1v) is 7.13. The van der Waals surface area contributed by atoms with Crippen molar-refractivity contribution in [1.82, 2.24) is 15.0 Å². The standard InChI is InChI=1S/C15H21N5O/c1-12-5-7-13(8-6-12)17-15(21)11-20-10-14(18-19-20)4-2-3-9-16/h5-8,10H,2-4,9,11,16H2,1H3,(H,17,21). The van der Waals surface area contributed by atoms with E-state index in [2.05, 4.69) is 15.6 Å². The van der Waals surface area contributed by atoms with Crippen molar-refractivity contribution < 1.29 is 4.79 Å². The summed E-state index contributed by atoms with van der Waals surface area (Å²) in [7, 11) is 0. The molecule has 0 aliphatic carbocycles. The van der Waals surface area contributed by atoms with Crippen LogP contribution in [0.3, 0.4) is 0 Å². The Bertz CT molecular complexity index is 576. The molecule has 0 spiro atoms. The number of nitrogens with one attached hydrogen (secondary N) is 1. The van der Waals surface area contributed by atoms with Gasteiger partial charge in [-0.05, 0) is 44.9 Å². The summed E-state index contributed by atoms with van der Waals surface area (Å²) in [6.07, 6.45) is 4.62. The number of anilines is 1. The SMILES string of the molecule is Cc1ccc(NC(=O)Cn2cc(CCCCN)nn2)cc1. The van der Waals surface area contributed by atoms with Crippen molar-refractivity contribution in [3.8, 4) is 0 Å². The predicted octanol–water partition coefficient (Wildman–Crippen LogP) is 1.51. The Morgan fingerprint density at radius 1 is 1.29 bits per heavy atom. The smallest absolute Gasteiger partial charge is 0.246 e. The van der Waals surface area contributed by atoms with Crippen LogP contribution in [0.25, 0.3) is 0 Å². The number of carbonyl (C=O) groups is 1. The fourth-order valence-electron chi connectivity index (χ4n) is 1.97. The van der Waals surface area contributed by atoms with E-state index in [1.54, 1.807) is 4.68 Å². The Kier molecular flexibility index (Phi) is 5.45. The number of aromatic nitrogens is 3. The van der Waals surface area contributed by atoms with E-state index in [1.807, 2.05) is 37.4 Å². The molecule has 0 radical (unpaired) electrons. The van der Waals surface area contributed by atoms with Gasteiger partial charge in [0.15, 0.2) is 0 Å². The van der Waals surface area contributed by atoms with Crippen LogP contribution in [0.1, 0.15) is 24.1 Å². The van der Waals surface area contributed by atoms with Gasteiger partial charge in [-0.25, -0.2) is 4.68 Å². The number of nitrogens with two attached hydrogens (primary N) is 1. The second kappa shape index (κ2) is 7.54. The van der Waals surface area contributed by atoms with Crippen LogP contribution in [-0.4, -0.2) is 27.4 Å². The molecule has 0 aliphatic heterocycles. The topological polar surface area (TPSA) is 85.8 Å². The number of hydrogen-bond acceptors (Lipinski definition) is 4. The lowest BCUT2D eigenvalue weighted by molar-refractivity contribution is -0.116. The van der Waals surface area contributed by atoms with Crippen molar-refractivity contribution in [1.29, 1.82) is 0 Å². The van der Waals surface area contributed by atoms with Crippen LogP contribution in [0.5, 0.6) is 0 Å². The first-order chi connectivity index (χ1) is 10.2. The zero-order valence-electron chi connectivity index (χ0n) is 12.2. The highest BCUT2D eigenvalue weighted by Crippen LogP contribution is 2.08. The average molecular weight is 287 g/mol. The summed E-state index contributed by atoms with van der Waals surface area (Å²) in [5.41, 5.74) is 8.29. The number of unbranched alkanes of at least 4 members (excludes halogenated alkanes) is 1. The first-order valence-electron chi connectivity index (χ1n) is 7.13. The number of carbonyl (C=O) groups excluding carboxylic acids is 1. The number of amides is 1. The van der Waals surface area contributed by atoms with Gasteiger partial charge in [-0.2, -0.15) is 0 Å². The van der Waals surface area contributed by atoms with E-state index >= 15 is 0 Å². The van der Waals surface area contributed by atoms with Crippen molar-refractivity contribution in [2.45, 2.75) is 32.7 Å². The largest absolute Gasteiger partial charge is 0.330 e. The Hall–Kier alpha value is -2.21. The van der Waals surface area contributed by atoms with Gasteiger partial charge in [0.25, 0.3) is 0 Å². The molecule has 0 saturated heterocycles. The van der Waals surface area contributed by atoms with Gasteiger partial charge < -0.3 is 11.1 Å². The number of rotatable bonds is 7. The monoisotopic (exact) mass is 287 g/mol. The Morgan fingerprint density at radius 2 is 2.05 bits per heavy atom. The molecule has 112 valence electrons. The second-order valence-corrected chi connectivity index (χ2v) is 5.07. The summed E-state index contributed by atoms with van der Waals surface area (Å²) in [5.74, 6) is -0.114. The van der Waals surface area contributed by atoms with Crippen LogP contribution < -0.4 is 11.1 Å². The highest BCUT2D eigenvalue weighted by atomic mass is 16.2. The first kappa shape index (κ1) is 15.2. The van der Waals surface area contributed by atoms with Crippen LogP contribution in [0, 0.1) is 6.92 Å². The van der Waals surface area contributed by atoms with E-state index in [-0.39, 0.29) is 12.5 Å². The predicted molar refractivity (Wildman–Crippen MR) is 81.8 cm³/mol. The number of aryl methyl sites for hydroxylation is 2. The maximum atomic E-state index is 11.9. The molecule has 1 aromatic carbocycles. The van der Waals surface area contributed by atoms with E-state index in [1.165, 1.54) is 0 Å². The van der Waals surface area contributed by atoms with Crippen molar-refractivity contribution in [2.75, 3.05) is 11.9 Å². The van der Waals surface area contributed by atoms with Gasteiger partial charge >= 0.3 is 0 Å². The van der Waals surface area contributed by atoms with E-state index in [0.29, 0.717) is 6.54 Å². The minimum absolute atomic E-state index is 0.114. The lowest BCUT2D eigenvalue weighted by atomic mass is 10.2. The lowest BCUT2D eigenvalue weighted by Crippen LogP contribution is -2.19. The molecule has 2 aromatic rings. The summed E-state index contributed by atoms with van der Waals surface area (Å²) in [5, 5.41) is 10.9. The molecule has 0 atom stereocenters. The van der Waals surface area contributed by atoms with Gasteiger partial charge in [-0.15, -0.1) is 5.10 Å². The second-order valence-electron chi connectivity index (χ2n) is 5.07. The maximum Gasteiger partial charge on any atom is 0.246 e. The molecule has 3 N–H and O–H groups in total. The zero-order chi connectivity index (χ0) is 15.1. The molecule has 0 aliphatic rings. The third kappa shape index (κ3) is 5.00. The van der Waals surface area contributed by atoms with Gasteiger partial charge in [-0.1, -0.05) is 22.9 Å². The van der Waals surface area contributed by atoms with Crippen molar-refractivity contribution >= 4 is 11.6 Å². The molecule has 1 amide bonds. The zero-order valence-corrected chi connectivity index (χ0v) is 12.2. The molecule has 0 fully saturated rings. The normalized spacial score (nSPS) is 10.6. The molecule has 1 aromatic heterocycles. The highest BCUT2D eigenvalue weighted by Gasteiger charge is 2.06. The van der Waals surface area contributed by atoms with Gasteiger partial charge in [0.05, 0.1) is 5.69 Å². The summed E-state index contributed by atoms with van der Waals surface area (Å²) in [6.45, 7) is 2.86. The number of hydrogen-bond donors (Lipinski definition) is 2. The number of benzene rings is 1. The average Bonchev–Trinajstić information content (AvgIpc) is 2.89. The molecule has 1 heterocycles. The van der Waals surface area contributed by atoms with Crippen LogP contribution >= 0.6 is 0 Å². The summed E-state index contributed by atoms with van der Waals surface area (Å²) in [4.78, 5) is 11.9. The number of nitrogens with zero attached hydrogens (tertiary/aromatic N) is 3. The molecule has 0 unspecified atom stereocenters. The molecule has 2 rings (SSSR count). The fourth-order valence-corrected chi connectivity index (χ4v) is 1.97. The van der Waals surface area contributed by atoms with Crippen LogP contribution in [0.15, 0.2) is 30.5 Å². The Labute approximate surface area is 124 Å². The third-order valence-electron chi connectivity index (χ3n) is 3.11. The lowest BCUT2D eigenvalue weighted by Gasteiger charge is -2.05. The molecule has 0 saturated carbocycles. The summed E-state index contributed by atoms with van der Waals surface area (Å²) >= 11 is 0. The molecule has 21 heavy (non-hydrogen) atoms. The molecule has 6 nitrogen and oxygen atoms in total. The molecular weight excluding hydrogens is 266 g/mol. The molecular formula is C15H21N5O. The van der Waals surface area contributed by atoms with Crippen molar-refractivity contribution in [3.63, 3.8) is 0 Å². The Balaban J connectivity index is 1.83. The quantitative estimate of drug-likeness (QED) is 0.756. The minimum Gasteiger partial charge on any atom is -0.330 e. The third-order valence-corrected chi connectivity index (χ3v) is 3.11. The van der Waals surface area contributed by atoms with Crippen molar-refractivity contribution in [2.24, 2.45) is 5.73 Å². The van der Waals surface area contributed by atoms with Gasteiger partial charge in [0, 0.05) is 11.9 Å². The highest BCUT2D eigenvalue weighted by molar-refractivity contribution is 5.90. The van der Waals surface area contributed by atoms with Crippen LogP contribution in [0.4, 0.5) is 5.69 Å². The Morgan fingerprint density at radius 3 is 2.76 bits per heavy atom. The van der Waals surface area contributed by atoms with Crippen molar-refractivity contribution in [3.05, 3.63) is 41.7 Å². The van der Waals surface area contributed by atoms with Gasteiger partial charge in [0.1, 0.15) is 6.54 Å². The summed E-state index contributed by atoms with van der Waals surface area (Å²) in [6, 6.07) is 7.68. The molecule has 0 bridgehead atoms. The molecule has 6 heteroatoms.